The van der Waals surface area contributed by atoms with Crippen molar-refractivity contribution in [2.24, 2.45) is 5.73 Å². The van der Waals surface area contributed by atoms with E-state index in [9.17, 15) is 0 Å². The maximum atomic E-state index is 6.06. The molecule has 5 nitrogen and oxygen atoms in total. The molecule has 0 saturated carbocycles. The second-order valence-electron chi connectivity index (χ2n) is 3.62. The minimum absolute atomic E-state index is 0.282. The zero-order chi connectivity index (χ0) is 13.1. The van der Waals surface area contributed by atoms with E-state index in [2.05, 4.69) is 10.1 Å². The van der Waals surface area contributed by atoms with Crippen molar-refractivity contribution in [3.05, 3.63) is 34.1 Å². The van der Waals surface area contributed by atoms with Gasteiger partial charge in [0, 0.05) is 7.11 Å². The molecule has 1 heterocycles. The highest BCUT2D eigenvalue weighted by Gasteiger charge is 2.17. The number of ether oxygens (including phenoxy) is 1. The lowest BCUT2D eigenvalue weighted by atomic mass is 10.2. The normalized spacial score (nSPS) is 12.7. The number of nitrogens with zero attached hydrogens (tertiary/aromatic N) is 2. The Morgan fingerprint density at radius 3 is 2.94 bits per heavy atom. The third kappa shape index (κ3) is 2.64. The van der Waals surface area contributed by atoms with E-state index in [4.69, 9.17) is 38.2 Å². The number of benzene rings is 1. The second kappa shape index (κ2) is 5.67. The lowest BCUT2D eigenvalue weighted by molar-refractivity contribution is 0.177. The van der Waals surface area contributed by atoms with Gasteiger partial charge in [0.05, 0.1) is 28.3 Å². The molecule has 0 amide bonds. The number of rotatable bonds is 4. The van der Waals surface area contributed by atoms with E-state index in [0.717, 1.165) is 0 Å². The molecule has 0 aliphatic carbocycles. The number of hydrogen-bond acceptors (Lipinski definition) is 5. The van der Waals surface area contributed by atoms with Gasteiger partial charge in [-0.15, -0.1) is 0 Å². The number of aromatic nitrogens is 2. The zero-order valence-corrected chi connectivity index (χ0v) is 11.1. The molecule has 0 aliphatic heterocycles. The first kappa shape index (κ1) is 13.3. The van der Waals surface area contributed by atoms with Gasteiger partial charge in [-0.25, -0.2) is 0 Å². The van der Waals surface area contributed by atoms with Crippen LogP contribution in [0.1, 0.15) is 11.9 Å². The summed E-state index contributed by atoms with van der Waals surface area (Å²) in [7, 11) is 1.55. The summed E-state index contributed by atoms with van der Waals surface area (Å²) in [4.78, 5) is 4.18. The first-order valence-electron chi connectivity index (χ1n) is 5.16. The van der Waals surface area contributed by atoms with Crippen molar-refractivity contribution in [1.82, 2.24) is 10.1 Å². The van der Waals surface area contributed by atoms with Crippen LogP contribution in [-0.2, 0) is 4.74 Å². The van der Waals surface area contributed by atoms with Gasteiger partial charge < -0.3 is 15.0 Å². The Kier molecular flexibility index (Phi) is 4.19. The summed E-state index contributed by atoms with van der Waals surface area (Å²) in [5.41, 5.74) is 6.37. The van der Waals surface area contributed by atoms with Crippen LogP contribution in [0.5, 0.6) is 0 Å². The van der Waals surface area contributed by atoms with Crippen molar-refractivity contribution in [2.45, 2.75) is 6.04 Å². The van der Waals surface area contributed by atoms with Crippen molar-refractivity contribution >= 4 is 23.2 Å². The number of hydrogen-bond donors (Lipinski definition) is 1. The summed E-state index contributed by atoms with van der Waals surface area (Å²) in [6, 6.07) is 4.74. The van der Waals surface area contributed by atoms with Crippen molar-refractivity contribution in [3.63, 3.8) is 0 Å². The predicted octanol–water partition coefficient (Wildman–Crippen LogP) is 2.69. The van der Waals surface area contributed by atoms with E-state index in [-0.39, 0.29) is 5.89 Å². The van der Waals surface area contributed by atoms with Gasteiger partial charge in [-0.3, -0.25) is 0 Å². The van der Waals surface area contributed by atoms with E-state index in [0.29, 0.717) is 28.0 Å². The summed E-state index contributed by atoms with van der Waals surface area (Å²) in [6.45, 7) is 0.308. The van der Waals surface area contributed by atoms with Gasteiger partial charge in [-0.05, 0) is 12.1 Å². The fourth-order valence-electron chi connectivity index (χ4n) is 1.42. The lowest BCUT2D eigenvalue weighted by Crippen LogP contribution is -2.17. The highest BCUT2D eigenvalue weighted by Crippen LogP contribution is 2.32. The summed E-state index contributed by atoms with van der Waals surface area (Å²) in [5.74, 6) is 0.645. The van der Waals surface area contributed by atoms with E-state index in [1.165, 1.54) is 0 Å². The SMILES string of the molecule is COCC(N)c1noc(-c2cccc(Cl)c2Cl)n1. The Bertz CT molecular complexity index is 545. The molecule has 1 atom stereocenters. The number of halogens is 2. The van der Waals surface area contributed by atoms with Gasteiger partial charge in [0.15, 0.2) is 5.82 Å². The average molecular weight is 288 g/mol. The Morgan fingerprint density at radius 2 is 2.22 bits per heavy atom. The Morgan fingerprint density at radius 1 is 1.44 bits per heavy atom. The quantitative estimate of drug-likeness (QED) is 0.936. The second-order valence-corrected chi connectivity index (χ2v) is 4.41. The third-order valence-electron chi connectivity index (χ3n) is 2.30. The molecule has 2 aromatic rings. The molecular weight excluding hydrogens is 277 g/mol. The Balaban J connectivity index is 2.32. The lowest BCUT2D eigenvalue weighted by Gasteiger charge is -2.03. The van der Waals surface area contributed by atoms with Crippen LogP contribution in [0.2, 0.25) is 10.0 Å². The smallest absolute Gasteiger partial charge is 0.259 e. The third-order valence-corrected chi connectivity index (χ3v) is 3.12. The average Bonchev–Trinajstić information content (AvgIpc) is 2.82. The van der Waals surface area contributed by atoms with Crippen molar-refractivity contribution in [1.29, 1.82) is 0 Å². The molecule has 96 valence electrons. The van der Waals surface area contributed by atoms with E-state index < -0.39 is 6.04 Å². The van der Waals surface area contributed by atoms with Crippen LogP contribution in [0.4, 0.5) is 0 Å². The molecule has 1 aromatic carbocycles. The van der Waals surface area contributed by atoms with Gasteiger partial charge in [0.25, 0.3) is 5.89 Å². The molecule has 7 heteroatoms. The first-order chi connectivity index (χ1) is 8.63. The van der Waals surface area contributed by atoms with Crippen molar-refractivity contribution in [3.8, 4) is 11.5 Å². The van der Waals surface area contributed by atoms with Crippen LogP contribution in [0.3, 0.4) is 0 Å². The molecular formula is C11H11Cl2N3O2. The molecule has 0 fully saturated rings. The Hall–Kier alpha value is -1.14. The monoisotopic (exact) mass is 287 g/mol. The highest BCUT2D eigenvalue weighted by molar-refractivity contribution is 6.43. The molecule has 2 rings (SSSR count). The first-order valence-corrected chi connectivity index (χ1v) is 5.91. The highest BCUT2D eigenvalue weighted by atomic mass is 35.5. The van der Waals surface area contributed by atoms with Crippen LogP contribution in [0.25, 0.3) is 11.5 Å². The van der Waals surface area contributed by atoms with E-state index in [1.807, 2.05) is 0 Å². The summed E-state index contributed by atoms with van der Waals surface area (Å²) < 4.78 is 10.0. The van der Waals surface area contributed by atoms with Crippen LogP contribution in [0.15, 0.2) is 22.7 Å². The van der Waals surface area contributed by atoms with E-state index >= 15 is 0 Å². The number of nitrogens with two attached hydrogens (primary N) is 1. The molecule has 0 aliphatic rings. The molecule has 0 bridgehead atoms. The maximum absolute atomic E-state index is 6.06. The zero-order valence-electron chi connectivity index (χ0n) is 9.56. The minimum atomic E-state index is -0.439. The minimum Gasteiger partial charge on any atom is -0.383 e. The van der Waals surface area contributed by atoms with Crippen LogP contribution < -0.4 is 5.73 Å². The summed E-state index contributed by atoms with van der Waals surface area (Å²) in [6.07, 6.45) is 0. The molecule has 1 aromatic heterocycles. The predicted molar refractivity (Wildman–Crippen MR) is 68.6 cm³/mol. The van der Waals surface area contributed by atoms with Gasteiger partial charge >= 0.3 is 0 Å². The molecule has 0 saturated heterocycles. The van der Waals surface area contributed by atoms with Crippen molar-refractivity contribution < 1.29 is 9.26 Å². The van der Waals surface area contributed by atoms with Crippen LogP contribution >= 0.6 is 23.2 Å². The molecule has 1 unspecified atom stereocenters. The number of methoxy groups -OCH3 is 1. The van der Waals surface area contributed by atoms with Gasteiger partial charge in [-0.1, -0.05) is 34.4 Å². The van der Waals surface area contributed by atoms with E-state index in [1.54, 1.807) is 25.3 Å². The van der Waals surface area contributed by atoms with Crippen LogP contribution in [0, 0.1) is 0 Å². The standard InChI is InChI=1S/C11H11Cl2N3O2/c1-17-5-8(14)10-15-11(18-16-10)6-3-2-4-7(12)9(6)13/h2-4,8H,5,14H2,1H3. The fraction of sp³-hybridized carbons (Fsp3) is 0.273. The van der Waals surface area contributed by atoms with Crippen molar-refractivity contribution in [2.75, 3.05) is 13.7 Å². The fourth-order valence-corrected chi connectivity index (χ4v) is 1.80. The summed E-state index contributed by atoms with van der Waals surface area (Å²) >= 11 is 12.0. The van der Waals surface area contributed by atoms with Gasteiger partial charge in [0.1, 0.15) is 0 Å². The van der Waals surface area contributed by atoms with Gasteiger partial charge in [0.2, 0.25) is 0 Å². The Labute approximate surface area is 114 Å². The van der Waals surface area contributed by atoms with Gasteiger partial charge in [-0.2, -0.15) is 4.98 Å². The molecule has 0 spiro atoms. The molecule has 0 radical (unpaired) electrons. The van der Waals surface area contributed by atoms with Crippen LogP contribution in [-0.4, -0.2) is 23.9 Å². The summed E-state index contributed by atoms with van der Waals surface area (Å²) in [5, 5.41) is 4.59. The molecule has 18 heavy (non-hydrogen) atoms. The topological polar surface area (TPSA) is 74.2 Å². The maximum Gasteiger partial charge on any atom is 0.259 e. The largest absolute Gasteiger partial charge is 0.383 e. The molecule has 2 N–H and O–H groups in total.